The smallest absolute Gasteiger partial charge is 0.125 e. The number of hydrogen-bond acceptors (Lipinski definition) is 2. The third-order valence-electron chi connectivity index (χ3n) is 4.12. The van der Waals surface area contributed by atoms with Gasteiger partial charge < -0.3 is 10.2 Å². The third kappa shape index (κ3) is 2.51. The van der Waals surface area contributed by atoms with E-state index in [1.807, 2.05) is 20.0 Å². The van der Waals surface area contributed by atoms with Gasteiger partial charge in [-0.3, -0.25) is 0 Å². The first-order chi connectivity index (χ1) is 10.1. The Morgan fingerprint density at radius 2 is 1.76 bits per heavy atom. The van der Waals surface area contributed by atoms with Gasteiger partial charge >= 0.3 is 0 Å². The van der Waals surface area contributed by atoms with E-state index < -0.39 is 0 Å². The minimum absolute atomic E-state index is 0.0216. The maximum atomic E-state index is 13.6. The second kappa shape index (κ2) is 5.45. The molecule has 4 heteroatoms. The van der Waals surface area contributed by atoms with Gasteiger partial charge in [-0.05, 0) is 61.9 Å². The van der Waals surface area contributed by atoms with Crippen molar-refractivity contribution in [1.82, 2.24) is 5.32 Å². The first-order valence-corrected chi connectivity index (χ1v) is 7.13. The Morgan fingerprint density at radius 1 is 1.05 bits per heavy atom. The molecule has 0 saturated carbocycles. The quantitative estimate of drug-likeness (QED) is 0.920. The highest BCUT2D eigenvalue weighted by molar-refractivity contribution is 5.72. The molecule has 2 nitrogen and oxygen atoms in total. The fourth-order valence-electron chi connectivity index (χ4n) is 2.88. The van der Waals surface area contributed by atoms with Crippen molar-refractivity contribution in [1.29, 1.82) is 0 Å². The minimum atomic E-state index is -0.255. The predicted octanol–water partition coefficient (Wildman–Crippen LogP) is 3.94. The maximum absolute atomic E-state index is 13.6. The highest BCUT2D eigenvalue weighted by Crippen LogP contribution is 2.38. The molecule has 1 atom stereocenters. The van der Waals surface area contributed by atoms with E-state index in [-0.39, 0.29) is 17.7 Å². The third-order valence-corrected chi connectivity index (χ3v) is 4.12. The topological polar surface area (TPSA) is 15.3 Å². The minimum Gasteiger partial charge on any atom is -0.341 e. The molecule has 2 aromatic rings. The molecule has 0 fully saturated rings. The standard InChI is InChI=1S/C17H18F2N2/c1-11(20-2)15-9-13(18)5-6-16(15)21-8-7-12-3-4-14(19)10-17(12)21/h3-6,9-11,20H,7-8H2,1-2H3. The average molecular weight is 288 g/mol. The molecule has 2 aromatic carbocycles. The molecule has 0 saturated heterocycles. The van der Waals surface area contributed by atoms with Crippen molar-refractivity contribution in [3.63, 3.8) is 0 Å². The summed E-state index contributed by atoms with van der Waals surface area (Å²) in [6, 6.07) is 9.68. The molecule has 110 valence electrons. The van der Waals surface area contributed by atoms with Crippen LogP contribution in [0, 0.1) is 11.6 Å². The van der Waals surface area contributed by atoms with E-state index in [1.54, 1.807) is 18.2 Å². The monoisotopic (exact) mass is 288 g/mol. The lowest BCUT2D eigenvalue weighted by molar-refractivity contribution is 0.608. The Kier molecular flexibility index (Phi) is 3.64. The van der Waals surface area contributed by atoms with Crippen molar-refractivity contribution in [3.8, 4) is 0 Å². The van der Waals surface area contributed by atoms with Gasteiger partial charge in [0.2, 0.25) is 0 Å². The van der Waals surface area contributed by atoms with Gasteiger partial charge in [-0.25, -0.2) is 8.78 Å². The van der Waals surface area contributed by atoms with Gasteiger partial charge in [-0.2, -0.15) is 0 Å². The lowest BCUT2D eigenvalue weighted by atomic mass is 10.0. The molecular formula is C17H18F2N2. The Morgan fingerprint density at radius 3 is 2.52 bits per heavy atom. The summed E-state index contributed by atoms with van der Waals surface area (Å²) in [5.41, 5.74) is 3.83. The van der Waals surface area contributed by atoms with E-state index in [0.717, 1.165) is 35.5 Å². The number of nitrogens with one attached hydrogen (secondary N) is 1. The van der Waals surface area contributed by atoms with Crippen LogP contribution in [0.3, 0.4) is 0 Å². The number of anilines is 2. The first-order valence-electron chi connectivity index (χ1n) is 7.13. The molecule has 21 heavy (non-hydrogen) atoms. The van der Waals surface area contributed by atoms with Crippen LogP contribution in [-0.2, 0) is 6.42 Å². The molecule has 1 heterocycles. The number of rotatable bonds is 3. The van der Waals surface area contributed by atoms with E-state index in [2.05, 4.69) is 10.2 Å². The maximum Gasteiger partial charge on any atom is 0.125 e. The van der Waals surface area contributed by atoms with Crippen LogP contribution in [0.5, 0.6) is 0 Å². The zero-order chi connectivity index (χ0) is 15.0. The van der Waals surface area contributed by atoms with E-state index in [4.69, 9.17) is 0 Å². The van der Waals surface area contributed by atoms with Crippen LogP contribution in [0.4, 0.5) is 20.2 Å². The number of halogens is 2. The molecule has 1 aliphatic heterocycles. The van der Waals surface area contributed by atoms with Crippen LogP contribution in [0.2, 0.25) is 0 Å². The van der Waals surface area contributed by atoms with Gasteiger partial charge in [-0.15, -0.1) is 0 Å². The normalized spacial score (nSPS) is 15.1. The summed E-state index contributed by atoms with van der Waals surface area (Å²) in [6.07, 6.45) is 0.875. The van der Waals surface area contributed by atoms with Gasteiger partial charge in [0.1, 0.15) is 11.6 Å². The second-order valence-corrected chi connectivity index (χ2v) is 5.39. The van der Waals surface area contributed by atoms with Gasteiger partial charge in [0.05, 0.1) is 0 Å². The summed E-state index contributed by atoms with van der Waals surface area (Å²) >= 11 is 0. The van der Waals surface area contributed by atoms with Gasteiger partial charge in [0.25, 0.3) is 0 Å². The Labute approximate surface area is 123 Å². The highest BCUT2D eigenvalue weighted by Gasteiger charge is 2.24. The van der Waals surface area contributed by atoms with Crippen molar-refractivity contribution < 1.29 is 8.78 Å². The Bertz CT molecular complexity index is 670. The molecular weight excluding hydrogens is 270 g/mol. The van der Waals surface area contributed by atoms with E-state index >= 15 is 0 Å². The summed E-state index contributed by atoms with van der Waals surface area (Å²) in [5, 5.41) is 3.14. The molecule has 0 aliphatic carbocycles. The fourth-order valence-corrected chi connectivity index (χ4v) is 2.88. The van der Waals surface area contributed by atoms with Crippen molar-refractivity contribution in [2.24, 2.45) is 0 Å². The number of benzene rings is 2. The van der Waals surface area contributed by atoms with Gasteiger partial charge in [0.15, 0.2) is 0 Å². The van der Waals surface area contributed by atoms with Crippen LogP contribution in [0.15, 0.2) is 36.4 Å². The van der Waals surface area contributed by atoms with Crippen LogP contribution in [-0.4, -0.2) is 13.6 Å². The molecule has 0 radical (unpaired) electrons. The molecule has 1 N–H and O–H groups in total. The van der Waals surface area contributed by atoms with Gasteiger partial charge in [0, 0.05) is 24.0 Å². The molecule has 0 bridgehead atoms. The summed E-state index contributed by atoms with van der Waals surface area (Å²) in [5.74, 6) is -0.500. The molecule has 1 unspecified atom stereocenters. The van der Waals surface area contributed by atoms with Crippen LogP contribution in [0.25, 0.3) is 0 Å². The Balaban J connectivity index is 2.09. The van der Waals surface area contributed by atoms with Crippen molar-refractivity contribution in [2.45, 2.75) is 19.4 Å². The fraction of sp³-hybridized carbons (Fsp3) is 0.294. The summed E-state index contributed by atoms with van der Waals surface area (Å²) in [7, 11) is 1.84. The highest BCUT2D eigenvalue weighted by atomic mass is 19.1. The molecule has 0 amide bonds. The zero-order valence-corrected chi connectivity index (χ0v) is 12.2. The Hall–Kier alpha value is -1.94. The lowest BCUT2D eigenvalue weighted by Crippen LogP contribution is -2.20. The molecule has 3 rings (SSSR count). The predicted molar refractivity (Wildman–Crippen MR) is 81.0 cm³/mol. The van der Waals surface area contributed by atoms with Crippen molar-refractivity contribution in [3.05, 3.63) is 59.2 Å². The summed E-state index contributed by atoms with van der Waals surface area (Å²) < 4.78 is 27.1. The number of nitrogens with zero attached hydrogens (tertiary/aromatic N) is 1. The van der Waals surface area contributed by atoms with E-state index in [1.165, 1.54) is 12.1 Å². The molecule has 0 aromatic heterocycles. The summed E-state index contributed by atoms with van der Waals surface area (Å²) in [6.45, 7) is 2.77. The average Bonchev–Trinajstić information content (AvgIpc) is 2.89. The molecule has 0 spiro atoms. The molecule has 1 aliphatic rings. The first kappa shape index (κ1) is 14.0. The van der Waals surface area contributed by atoms with Crippen molar-refractivity contribution in [2.75, 3.05) is 18.5 Å². The van der Waals surface area contributed by atoms with Crippen LogP contribution < -0.4 is 10.2 Å². The lowest BCUT2D eigenvalue weighted by Gasteiger charge is -2.25. The van der Waals surface area contributed by atoms with E-state index in [9.17, 15) is 8.78 Å². The number of fused-ring (bicyclic) bond motifs is 1. The second-order valence-electron chi connectivity index (χ2n) is 5.39. The van der Waals surface area contributed by atoms with Crippen LogP contribution >= 0.6 is 0 Å². The SMILES string of the molecule is CNC(C)c1cc(F)ccc1N1CCc2ccc(F)cc21. The summed E-state index contributed by atoms with van der Waals surface area (Å²) in [4.78, 5) is 2.07. The van der Waals surface area contributed by atoms with Crippen LogP contribution in [0.1, 0.15) is 24.1 Å². The van der Waals surface area contributed by atoms with E-state index in [0.29, 0.717) is 0 Å². The number of hydrogen-bond donors (Lipinski definition) is 1. The van der Waals surface area contributed by atoms with Crippen molar-refractivity contribution >= 4 is 11.4 Å². The van der Waals surface area contributed by atoms with Gasteiger partial charge in [-0.1, -0.05) is 6.07 Å². The zero-order valence-electron chi connectivity index (χ0n) is 12.2. The largest absolute Gasteiger partial charge is 0.341 e.